The number of likely N-dealkylation sites (tertiary alicyclic amines) is 1. The molecule has 0 unspecified atom stereocenters. The standard InChI is InChI=1S/C19H21ClFN3O2/c1-11(18(26)24-6-4-19(5-7-24)10-16(19)21)22-17(25)15-9-12-8-13(20)2-3-14(12)23-15/h2-3,8-9,11,16,23H,4-7,10H2,1H3,(H,22,25)/t11-,16-/m0/s1. The first-order chi connectivity index (χ1) is 12.4. The molecule has 2 heterocycles. The largest absolute Gasteiger partial charge is 0.351 e. The molecule has 1 spiro atoms. The summed E-state index contributed by atoms with van der Waals surface area (Å²) in [6.07, 6.45) is 1.35. The first-order valence-electron chi connectivity index (χ1n) is 8.90. The fraction of sp³-hybridized carbons (Fsp3) is 0.474. The number of nitrogens with zero attached hydrogens (tertiary/aromatic N) is 1. The number of rotatable bonds is 3. The third-order valence-corrected chi connectivity index (χ3v) is 5.94. The number of H-pyrrole nitrogens is 1. The molecule has 1 aliphatic heterocycles. The van der Waals surface area contributed by atoms with E-state index in [0.29, 0.717) is 43.1 Å². The third kappa shape index (κ3) is 3.07. The number of alkyl halides is 1. The average molecular weight is 378 g/mol. The quantitative estimate of drug-likeness (QED) is 0.862. The Morgan fingerprint density at radius 2 is 2.04 bits per heavy atom. The van der Waals surface area contributed by atoms with Crippen molar-refractivity contribution in [3.63, 3.8) is 0 Å². The van der Waals surface area contributed by atoms with E-state index in [0.717, 1.165) is 10.9 Å². The highest BCUT2D eigenvalue weighted by molar-refractivity contribution is 6.31. The second-order valence-corrected chi connectivity index (χ2v) is 7.91. The van der Waals surface area contributed by atoms with Gasteiger partial charge in [0, 0.05) is 34.4 Å². The molecule has 2 aliphatic rings. The fourth-order valence-corrected chi connectivity index (χ4v) is 4.00. The van der Waals surface area contributed by atoms with Crippen LogP contribution in [0.4, 0.5) is 4.39 Å². The Kier molecular flexibility index (Phi) is 4.18. The van der Waals surface area contributed by atoms with Gasteiger partial charge in [-0.05, 0) is 50.5 Å². The van der Waals surface area contributed by atoms with Crippen molar-refractivity contribution in [3.8, 4) is 0 Å². The van der Waals surface area contributed by atoms with E-state index in [1.165, 1.54) is 0 Å². The minimum Gasteiger partial charge on any atom is -0.351 e. The van der Waals surface area contributed by atoms with Crippen LogP contribution in [0.5, 0.6) is 0 Å². The lowest BCUT2D eigenvalue weighted by molar-refractivity contribution is -0.134. The van der Waals surface area contributed by atoms with Gasteiger partial charge in [0.2, 0.25) is 5.91 Å². The van der Waals surface area contributed by atoms with Crippen LogP contribution in [0.3, 0.4) is 0 Å². The second kappa shape index (κ2) is 6.27. The van der Waals surface area contributed by atoms with Crippen LogP contribution in [0, 0.1) is 5.41 Å². The Morgan fingerprint density at radius 3 is 2.69 bits per heavy atom. The zero-order valence-electron chi connectivity index (χ0n) is 14.5. The number of benzene rings is 1. The van der Waals surface area contributed by atoms with E-state index in [-0.39, 0.29) is 17.2 Å². The van der Waals surface area contributed by atoms with E-state index in [1.807, 2.05) is 6.07 Å². The maximum Gasteiger partial charge on any atom is 0.268 e. The number of carbonyl (C=O) groups is 2. The van der Waals surface area contributed by atoms with Gasteiger partial charge >= 0.3 is 0 Å². The highest BCUT2D eigenvalue weighted by Crippen LogP contribution is 2.55. The number of carbonyl (C=O) groups excluding carboxylic acids is 2. The summed E-state index contributed by atoms with van der Waals surface area (Å²) >= 11 is 5.96. The first kappa shape index (κ1) is 17.3. The molecule has 1 aromatic carbocycles. The Balaban J connectivity index is 1.38. The summed E-state index contributed by atoms with van der Waals surface area (Å²) in [6, 6.07) is 6.42. The molecule has 26 heavy (non-hydrogen) atoms. The van der Waals surface area contributed by atoms with Gasteiger partial charge in [0.1, 0.15) is 17.9 Å². The number of aromatic nitrogens is 1. The van der Waals surface area contributed by atoms with E-state index in [9.17, 15) is 14.0 Å². The molecule has 1 aliphatic carbocycles. The molecule has 0 bridgehead atoms. The molecule has 7 heteroatoms. The molecular formula is C19H21ClFN3O2. The number of hydrogen-bond donors (Lipinski definition) is 2. The summed E-state index contributed by atoms with van der Waals surface area (Å²) in [4.78, 5) is 29.8. The Labute approximate surface area is 155 Å². The summed E-state index contributed by atoms with van der Waals surface area (Å²) in [7, 11) is 0. The van der Waals surface area contributed by atoms with E-state index in [2.05, 4.69) is 10.3 Å². The van der Waals surface area contributed by atoms with E-state index < -0.39 is 12.2 Å². The van der Waals surface area contributed by atoms with Gasteiger partial charge in [0.05, 0.1) is 0 Å². The minimum atomic E-state index is -0.701. The van der Waals surface area contributed by atoms with Crippen molar-refractivity contribution in [1.82, 2.24) is 15.2 Å². The van der Waals surface area contributed by atoms with E-state index in [1.54, 1.807) is 30.0 Å². The van der Waals surface area contributed by atoms with Crippen molar-refractivity contribution in [1.29, 1.82) is 0 Å². The lowest BCUT2D eigenvalue weighted by Gasteiger charge is -2.33. The molecule has 5 nitrogen and oxygen atoms in total. The van der Waals surface area contributed by atoms with Crippen molar-refractivity contribution >= 4 is 34.3 Å². The molecule has 2 amide bonds. The van der Waals surface area contributed by atoms with Gasteiger partial charge in [-0.25, -0.2) is 4.39 Å². The van der Waals surface area contributed by atoms with Crippen LogP contribution in [-0.4, -0.2) is 47.0 Å². The van der Waals surface area contributed by atoms with Gasteiger partial charge < -0.3 is 15.2 Å². The summed E-state index contributed by atoms with van der Waals surface area (Å²) in [5, 5.41) is 4.18. The molecule has 2 aromatic rings. The summed E-state index contributed by atoms with van der Waals surface area (Å²) in [5.41, 5.74) is 1.03. The minimum absolute atomic E-state index is 0.122. The smallest absolute Gasteiger partial charge is 0.268 e. The summed E-state index contributed by atoms with van der Waals surface area (Å²) in [5.74, 6) is -0.457. The molecular weight excluding hydrogens is 357 g/mol. The van der Waals surface area contributed by atoms with Crippen molar-refractivity contribution in [3.05, 3.63) is 35.0 Å². The Morgan fingerprint density at radius 1 is 1.35 bits per heavy atom. The predicted molar refractivity (Wildman–Crippen MR) is 98.0 cm³/mol. The van der Waals surface area contributed by atoms with Crippen LogP contribution >= 0.6 is 11.6 Å². The second-order valence-electron chi connectivity index (χ2n) is 7.47. The van der Waals surface area contributed by atoms with Crippen LogP contribution in [0.1, 0.15) is 36.7 Å². The van der Waals surface area contributed by atoms with Crippen LogP contribution in [0.25, 0.3) is 10.9 Å². The van der Waals surface area contributed by atoms with E-state index in [4.69, 9.17) is 11.6 Å². The SMILES string of the molecule is C[C@H](NC(=O)c1cc2cc(Cl)ccc2[nH]1)C(=O)N1CCC2(CC1)C[C@@H]2F. The lowest BCUT2D eigenvalue weighted by atomic mass is 9.93. The number of hydrogen-bond acceptors (Lipinski definition) is 2. The zero-order valence-corrected chi connectivity index (χ0v) is 15.3. The number of halogens is 2. The molecule has 0 radical (unpaired) electrons. The molecule has 2 N–H and O–H groups in total. The monoisotopic (exact) mass is 377 g/mol. The van der Waals surface area contributed by atoms with Crippen molar-refractivity contribution < 1.29 is 14.0 Å². The van der Waals surface area contributed by atoms with Crippen LogP contribution < -0.4 is 5.32 Å². The van der Waals surface area contributed by atoms with Crippen molar-refractivity contribution in [2.75, 3.05) is 13.1 Å². The van der Waals surface area contributed by atoms with Gasteiger partial charge in [-0.3, -0.25) is 9.59 Å². The number of aromatic amines is 1. The predicted octanol–water partition coefficient (Wildman–Crippen LogP) is 3.29. The number of piperidine rings is 1. The molecule has 4 rings (SSSR count). The third-order valence-electron chi connectivity index (χ3n) is 5.71. The molecule has 1 aromatic heterocycles. The van der Waals surface area contributed by atoms with Crippen LogP contribution in [-0.2, 0) is 4.79 Å². The van der Waals surface area contributed by atoms with Gasteiger partial charge in [-0.15, -0.1) is 0 Å². The highest BCUT2D eigenvalue weighted by Gasteiger charge is 2.56. The van der Waals surface area contributed by atoms with E-state index >= 15 is 0 Å². The molecule has 1 saturated heterocycles. The van der Waals surface area contributed by atoms with Gasteiger partial charge in [0.25, 0.3) is 5.91 Å². The highest BCUT2D eigenvalue weighted by atomic mass is 35.5. The fourth-order valence-electron chi connectivity index (χ4n) is 3.82. The van der Waals surface area contributed by atoms with Gasteiger partial charge in [-0.1, -0.05) is 11.6 Å². The summed E-state index contributed by atoms with van der Waals surface area (Å²) in [6.45, 7) is 2.80. The zero-order chi connectivity index (χ0) is 18.5. The molecule has 2 atom stereocenters. The van der Waals surface area contributed by atoms with Crippen LogP contribution in [0.2, 0.25) is 5.02 Å². The maximum absolute atomic E-state index is 13.4. The van der Waals surface area contributed by atoms with Crippen LogP contribution in [0.15, 0.2) is 24.3 Å². The first-order valence-corrected chi connectivity index (χ1v) is 9.28. The Hall–Kier alpha value is -2.08. The van der Waals surface area contributed by atoms with Gasteiger partial charge in [-0.2, -0.15) is 0 Å². The number of nitrogens with one attached hydrogen (secondary N) is 2. The van der Waals surface area contributed by atoms with Gasteiger partial charge in [0.15, 0.2) is 0 Å². The molecule has 138 valence electrons. The van der Waals surface area contributed by atoms with Crippen molar-refractivity contribution in [2.45, 2.75) is 38.4 Å². The van der Waals surface area contributed by atoms with Crippen molar-refractivity contribution in [2.24, 2.45) is 5.41 Å². The average Bonchev–Trinajstić information content (AvgIpc) is 3.05. The topological polar surface area (TPSA) is 65.2 Å². The Bertz CT molecular complexity index is 873. The summed E-state index contributed by atoms with van der Waals surface area (Å²) < 4.78 is 13.4. The number of fused-ring (bicyclic) bond motifs is 1. The maximum atomic E-state index is 13.4. The normalized spacial score (nSPS) is 22.4. The molecule has 2 fully saturated rings. The lowest BCUT2D eigenvalue weighted by Crippen LogP contribution is -2.49. The number of amides is 2. The molecule has 1 saturated carbocycles.